The van der Waals surface area contributed by atoms with Crippen LogP contribution in [-0.2, 0) is 0 Å². The molecule has 2 aromatic heterocycles. The van der Waals surface area contributed by atoms with Crippen LogP contribution in [0.15, 0.2) is 12.4 Å². The van der Waals surface area contributed by atoms with Gasteiger partial charge in [-0.15, -0.1) is 11.3 Å². The third-order valence-electron chi connectivity index (χ3n) is 1.57. The SMILES string of the molecule is Nc1ncnc2sc(C(=O)O)cc12. The topological polar surface area (TPSA) is 89.1 Å². The predicted molar refractivity (Wildman–Crippen MR) is 48.8 cm³/mol. The summed E-state index contributed by atoms with van der Waals surface area (Å²) in [4.78, 5) is 19.1. The highest BCUT2D eigenvalue weighted by atomic mass is 32.1. The number of fused-ring (bicyclic) bond motifs is 1. The van der Waals surface area contributed by atoms with Gasteiger partial charge >= 0.3 is 5.97 Å². The van der Waals surface area contributed by atoms with Gasteiger partial charge in [0, 0.05) is 0 Å². The highest BCUT2D eigenvalue weighted by molar-refractivity contribution is 7.20. The number of nitrogens with zero attached hydrogens (tertiary/aromatic N) is 2. The minimum absolute atomic E-state index is 0.224. The second-order valence-corrected chi connectivity index (χ2v) is 3.42. The van der Waals surface area contributed by atoms with Gasteiger partial charge < -0.3 is 10.8 Å². The van der Waals surface area contributed by atoms with Crippen LogP contribution in [0.2, 0.25) is 0 Å². The number of rotatable bonds is 1. The van der Waals surface area contributed by atoms with Gasteiger partial charge in [-0.05, 0) is 6.07 Å². The molecule has 0 radical (unpaired) electrons. The van der Waals surface area contributed by atoms with Gasteiger partial charge in [0.15, 0.2) is 0 Å². The van der Waals surface area contributed by atoms with Gasteiger partial charge in [-0.3, -0.25) is 0 Å². The molecule has 0 unspecified atom stereocenters. The zero-order chi connectivity index (χ0) is 9.42. The Bertz CT molecular complexity index is 480. The molecule has 0 bridgehead atoms. The first kappa shape index (κ1) is 7.93. The van der Waals surface area contributed by atoms with E-state index in [1.807, 2.05) is 0 Å². The Morgan fingerprint density at radius 2 is 2.31 bits per heavy atom. The number of hydrogen-bond donors (Lipinski definition) is 2. The third-order valence-corrected chi connectivity index (χ3v) is 2.60. The van der Waals surface area contributed by atoms with Crippen LogP contribution in [0, 0.1) is 0 Å². The molecule has 2 heterocycles. The van der Waals surface area contributed by atoms with Crippen LogP contribution in [0.4, 0.5) is 5.82 Å². The molecule has 6 heteroatoms. The number of aromatic nitrogens is 2. The fraction of sp³-hybridized carbons (Fsp3) is 0. The van der Waals surface area contributed by atoms with Gasteiger partial charge in [0.2, 0.25) is 0 Å². The maximum atomic E-state index is 10.6. The smallest absolute Gasteiger partial charge is 0.345 e. The number of thiophene rings is 1. The number of carboxylic acid groups (broad SMARTS) is 1. The summed E-state index contributed by atoms with van der Waals surface area (Å²) < 4.78 is 0. The van der Waals surface area contributed by atoms with E-state index in [1.165, 1.54) is 12.4 Å². The average molecular weight is 195 g/mol. The molecule has 0 spiro atoms. The van der Waals surface area contributed by atoms with E-state index in [2.05, 4.69) is 9.97 Å². The highest BCUT2D eigenvalue weighted by Crippen LogP contribution is 2.26. The fourth-order valence-electron chi connectivity index (χ4n) is 0.979. The van der Waals surface area contributed by atoms with Gasteiger partial charge in [0.1, 0.15) is 21.9 Å². The van der Waals surface area contributed by atoms with Crippen LogP contribution in [0.3, 0.4) is 0 Å². The van der Waals surface area contributed by atoms with E-state index in [9.17, 15) is 4.79 Å². The molecular weight excluding hydrogens is 190 g/mol. The van der Waals surface area contributed by atoms with Crippen molar-refractivity contribution in [1.29, 1.82) is 0 Å². The largest absolute Gasteiger partial charge is 0.477 e. The van der Waals surface area contributed by atoms with Crippen molar-refractivity contribution in [3.05, 3.63) is 17.3 Å². The number of nitrogens with two attached hydrogens (primary N) is 1. The molecule has 0 aromatic carbocycles. The summed E-state index contributed by atoms with van der Waals surface area (Å²) in [5.41, 5.74) is 5.53. The second-order valence-electron chi connectivity index (χ2n) is 2.39. The first-order valence-corrected chi connectivity index (χ1v) is 4.23. The van der Waals surface area contributed by atoms with E-state index in [0.29, 0.717) is 16.0 Å². The van der Waals surface area contributed by atoms with Gasteiger partial charge in [-0.2, -0.15) is 0 Å². The number of hydrogen-bond acceptors (Lipinski definition) is 5. The van der Waals surface area contributed by atoms with Gasteiger partial charge in [-0.25, -0.2) is 14.8 Å². The number of anilines is 1. The molecule has 0 aliphatic carbocycles. The number of carbonyl (C=O) groups is 1. The van der Waals surface area contributed by atoms with Crippen molar-refractivity contribution < 1.29 is 9.90 Å². The van der Waals surface area contributed by atoms with E-state index < -0.39 is 5.97 Å². The molecule has 0 aliphatic heterocycles. The first-order chi connectivity index (χ1) is 6.18. The molecule has 13 heavy (non-hydrogen) atoms. The Labute approximate surface area is 76.9 Å². The first-order valence-electron chi connectivity index (χ1n) is 3.42. The zero-order valence-electron chi connectivity index (χ0n) is 6.39. The molecule has 3 N–H and O–H groups in total. The minimum Gasteiger partial charge on any atom is -0.477 e. The Morgan fingerprint density at radius 3 is 2.92 bits per heavy atom. The molecule has 2 rings (SSSR count). The lowest BCUT2D eigenvalue weighted by Crippen LogP contribution is -1.91. The molecule has 0 fully saturated rings. The molecule has 66 valence electrons. The van der Waals surface area contributed by atoms with E-state index in [0.717, 1.165) is 11.3 Å². The van der Waals surface area contributed by atoms with Crippen LogP contribution >= 0.6 is 11.3 Å². The number of carboxylic acids is 1. The van der Waals surface area contributed by atoms with E-state index >= 15 is 0 Å². The van der Waals surface area contributed by atoms with Gasteiger partial charge in [-0.1, -0.05) is 0 Å². The fourth-order valence-corrected chi connectivity index (χ4v) is 1.82. The maximum Gasteiger partial charge on any atom is 0.345 e. The van der Waals surface area contributed by atoms with Crippen molar-refractivity contribution in [1.82, 2.24) is 9.97 Å². The lowest BCUT2D eigenvalue weighted by molar-refractivity contribution is 0.0702. The lowest BCUT2D eigenvalue weighted by atomic mass is 10.3. The van der Waals surface area contributed by atoms with E-state index in [-0.39, 0.29) is 4.88 Å². The van der Waals surface area contributed by atoms with Crippen molar-refractivity contribution in [2.45, 2.75) is 0 Å². The van der Waals surface area contributed by atoms with Crippen LogP contribution in [0.25, 0.3) is 10.2 Å². The summed E-state index contributed by atoms with van der Waals surface area (Å²) >= 11 is 1.09. The molecule has 0 aliphatic rings. The molecular formula is C7H5N3O2S. The van der Waals surface area contributed by atoms with Crippen LogP contribution in [0.1, 0.15) is 9.67 Å². The van der Waals surface area contributed by atoms with Crippen molar-refractivity contribution in [2.75, 3.05) is 5.73 Å². The maximum absolute atomic E-state index is 10.6. The quantitative estimate of drug-likeness (QED) is 0.707. The Kier molecular flexibility index (Phi) is 1.63. The molecule has 0 amide bonds. The van der Waals surface area contributed by atoms with Crippen LogP contribution in [-0.4, -0.2) is 21.0 Å². The average Bonchev–Trinajstić information content (AvgIpc) is 2.49. The molecule has 0 saturated carbocycles. The van der Waals surface area contributed by atoms with E-state index in [1.54, 1.807) is 0 Å². The zero-order valence-corrected chi connectivity index (χ0v) is 7.21. The standard InChI is InChI=1S/C7H5N3O2S/c8-5-3-1-4(7(11)12)13-6(3)10-2-9-5/h1-2H,(H,11,12)(H2,8,9,10). The Hall–Kier alpha value is -1.69. The van der Waals surface area contributed by atoms with Crippen molar-refractivity contribution in [2.24, 2.45) is 0 Å². The Balaban J connectivity index is 2.75. The predicted octanol–water partition coefficient (Wildman–Crippen LogP) is 0.972. The summed E-state index contributed by atoms with van der Waals surface area (Å²) in [5.74, 6) is -0.656. The van der Waals surface area contributed by atoms with Crippen molar-refractivity contribution >= 4 is 33.3 Å². The summed E-state index contributed by atoms with van der Waals surface area (Å²) in [6.45, 7) is 0. The summed E-state index contributed by atoms with van der Waals surface area (Å²) in [6.07, 6.45) is 1.32. The highest BCUT2D eigenvalue weighted by Gasteiger charge is 2.10. The molecule has 0 saturated heterocycles. The van der Waals surface area contributed by atoms with Crippen molar-refractivity contribution in [3.8, 4) is 0 Å². The summed E-state index contributed by atoms with van der Waals surface area (Å²) in [6, 6.07) is 1.48. The van der Waals surface area contributed by atoms with Gasteiger partial charge in [0.25, 0.3) is 0 Å². The molecule has 2 aromatic rings. The van der Waals surface area contributed by atoms with Gasteiger partial charge in [0.05, 0.1) is 5.39 Å². The second kappa shape index (κ2) is 2.67. The summed E-state index contributed by atoms with van der Waals surface area (Å²) in [5, 5.41) is 9.30. The summed E-state index contributed by atoms with van der Waals surface area (Å²) in [7, 11) is 0. The van der Waals surface area contributed by atoms with Crippen LogP contribution in [0.5, 0.6) is 0 Å². The van der Waals surface area contributed by atoms with Crippen molar-refractivity contribution in [3.63, 3.8) is 0 Å². The molecule has 5 nitrogen and oxygen atoms in total. The number of nitrogen functional groups attached to an aromatic ring is 1. The Morgan fingerprint density at radius 1 is 1.54 bits per heavy atom. The van der Waals surface area contributed by atoms with Crippen LogP contribution < -0.4 is 5.73 Å². The monoisotopic (exact) mass is 195 g/mol. The third kappa shape index (κ3) is 1.20. The molecule has 0 atom stereocenters. The minimum atomic E-state index is -0.970. The normalized spacial score (nSPS) is 10.5. The lowest BCUT2D eigenvalue weighted by Gasteiger charge is -1.90. The van der Waals surface area contributed by atoms with E-state index in [4.69, 9.17) is 10.8 Å². The number of aromatic carboxylic acids is 1.